The van der Waals surface area contributed by atoms with Crippen molar-refractivity contribution in [3.05, 3.63) is 53.0 Å². The average molecular weight is 410 g/mol. The second kappa shape index (κ2) is 8.81. The molecular formula is C22H26N4O4. The first-order valence-corrected chi connectivity index (χ1v) is 10.2. The molecule has 1 aliphatic rings. The number of carbonyl (C=O) groups is 1. The molecule has 1 aromatic carbocycles. The second-order valence-corrected chi connectivity index (χ2v) is 7.24. The van der Waals surface area contributed by atoms with Crippen LogP contribution in [0.4, 0.5) is 0 Å². The molecule has 0 unspecified atom stereocenters. The van der Waals surface area contributed by atoms with Crippen LogP contribution in [0.15, 0.2) is 30.3 Å². The van der Waals surface area contributed by atoms with E-state index in [1.807, 2.05) is 24.3 Å². The van der Waals surface area contributed by atoms with E-state index in [0.29, 0.717) is 31.9 Å². The van der Waals surface area contributed by atoms with Gasteiger partial charge in [0.15, 0.2) is 5.69 Å². The van der Waals surface area contributed by atoms with Crippen molar-refractivity contribution in [3.8, 4) is 5.75 Å². The van der Waals surface area contributed by atoms with Gasteiger partial charge in [0.05, 0.1) is 32.6 Å². The zero-order valence-electron chi connectivity index (χ0n) is 17.3. The van der Waals surface area contributed by atoms with Crippen molar-refractivity contribution in [2.24, 2.45) is 0 Å². The van der Waals surface area contributed by atoms with Gasteiger partial charge in [-0.25, -0.2) is 9.78 Å². The molecule has 3 aromatic rings. The maximum atomic E-state index is 12.4. The number of benzene rings is 1. The van der Waals surface area contributed by atoms with E-state index in [2.05, 4.69) is 16.1 Å². The maximum absolute atomic E-state index is 12.4. The first kappa shape index (κ1) is 20.3. The minimum absolute atomic E-state index is 0.0249. The van der Waals surface area contributed by atoms with Crippen LogP contribution >= 0.6 is 0 Å². The number of aliphatic hydroxyl groups excluding tert-OH is 1. The quantitative estimate of drug-likeness (QED) is 0.597. The Morgan fingerprint density at radius 3 is 2.90 bits per heavy atom. The zero-order valence-corrected chi connectivity index (χ0v) is 17.3. The molecule has 8 heteroatoms. The Labute approximate surface area is 175 Å². The van der Waals surface area contributed by atoms with Crippen molar-refractivity contribution in [2.45, 2.75) is 33.0 Å². The number of carbonyl (C=O) groups excluding carboxylic acids is 1. The molecule has 0 amide bonds. The molecule has 0 radical (unpaired) electrons. The Kier molecular flexibility index (Phi) is 5.96. The highest BCUT2D eigenvalue weighted by Gasteiger charge is 2.29. The van der Waals surface area contributed by atoms with Crippen LogP contribution in [0.2, 0.25) is 0 Å². The summed E-state index contributed by atoms with van der Waals surface area (Å²) in [4.78, 5) is 19.5. The Hall–Kier alpha value is -2.97. The van der Waals surface area contributed by atoms with Gasteiger partial charge in [-0.1, -0.05) is 18.2 Å². The zero-order chi connectivity index (χ0) is 21.1. The summed E-state index contributed by atoms with van der Waals surface area (Å²) in [6.45, 7) is 4.48. The topological polar surface area (TPSA) is 89.7 Å². The monoisotopic (exact) mass is 410 g/mol. The lowest BCUT2D eigenvalue weighted by atomic mass is 10.0. The predicted molar refractivity (Wildman–Crippen MR) is 111 cm³/mol. The Bertz CT molecular complexity index is 1060. The lowest BCUT2D eigenvalue weighted by Crippen LogP contribution is -2.31. The fraction of sp³-hybridized carbons (Fsp3) is 0.409. The fourth-order valence-electron chi connectivity index (χ4n) is 3.97. The summed E-state index contributed by atoms with van der Waals surface area (Å²) in [5.41, 5.74) is 4.01. The number of aliphatic hydroxyl groups is 1. The van der Waals surface area contributed by atoms with E-state index in [4.69, 9.17) is 14.5 Å². The molecule has 0 aliphatic carbocycles. The molecule has 4 rings (SSSR count). The predicted octanol–water partition coefficient (Wildman–Crippen LogP) is 2.17. The molecule has 2 aromatic heterocycles. The fourth-order valence-corrected chi connectivity index (χ4v) is 3.97. The standard InChI is InChI=1S/C22H26N4O4/c1-3-30-22(28)21-17-14-25(10-9-18(17)26(24-21)11-12-27)13-16-8-7-15-5-4-6-19(29-2)20(15)23-16/h4-8,27H,3,9-14H2,1-2H3. The number of pyridine rings is 1. The normalized spacial score (nSPS) is 14.0. The molecule has 0 atom stereocenters. The summed E-state index contributed by atoms with van der Waals surface area (Å²) in [7, 11) is 1.65. The van der Waals surface area contributed by atoms with Crippen LogP contribution in [-0.2, 0) is 30.8 Å². The number of hydrogen-bond acceptors (Lipinski definition) is 7. The van der Waals surface area contributed by atoms with Crippen molar-refractivity contribution in [1.29, 1.82) is 0 Å². The number of ether oxygens (including phenoxy) is 2. The van der Waals surface area contributed by atoms with Crippen molar-refractivity contribution in [3.63, 3.8) is 0 Å². The Morgan fingerprint density at radius 1 is 1.27 bits per heavy atom. The van der Waals surface area contributed by atoms with Crippen LogP contribution in [0.3, 0.4) is 0 Å². The van der Waals surface area contributed by atoms with Gasteiger partial charge in [0.2, 0.25) is 0 Å². The number of methoxy groups -OCH3 is 1. The number of rotatable bonds is 7. The first-order valence-electron chi connectivity index (χ1n) is 10.2. The molecule has 3 heterocycles. The van der Waals surface area contributed by atoms with Crippen molar-refractivity contribution >= 4 is 16.9 Å². The number of para-hydroxylation sites is 1. The summed E-state index contributed by atoms with van der Waals surface area (Å²) in [6, 6.07) is 9.96. The molecule has 158 valence electrons. The summed E-state index contributed by atoms with van der Waals surface area (Å²) in [6.07, 6.45) is 0.749. The van der Waals surface area contributed by atoms with Gasteiger partial charge in [0.25, 0.3) is 0 Å². The van der Waals surface area contributed by atoms with E-state index in [1.165, 1.54) is 0 Å². The summed E-state index contributed by atoms with van der Waals surface area (Å²) in [5.74, 6) is 0.339. The highest BCUT2D eigenvalue weighted by molar-refractivity contribution is 5.89. The van der Waals surface area contributed by atoms with Crippen LogP contribution in [0, 0.1) is 0 Å². The van der Waals surface area contributed by atoms with E-state index < -0.39 is 5.97 Å². The number of nitrogens with zero attached hydrogens (tertiary/aromatic N) is 4. The van der Waals surface area contributed by atoms with Gasteiger partial charge in [-0.15, -0.1) is 0 Å². The molecule has 0 fully saturated rings. The molecule has 0 saturated carbocycles. The highest BCUT2D eigenvalue weighted by Crippen LogP contribution is 2.27. The molecule has 0 spiro atoms. The number of aromatic nitrogens is 3. The average Bonchev–Trinajstić information content (AvgIpc) is 3.11. The van der Waals surface area contributed by atoms with E-state index in [1.54, 1.807) is 18.7 Å². The van der Waals surface area contributed by atoms with E-state index in [-0.39, 0.29) is 6.61 Å². The Morgan fingerprint density at radius 2 is 2.13 bits per heavy atom. The van der Waals surface area contributed by atoms with E-state index >= 15 is 0 Å². The third kappa shape index (κ3) is 3.88. The molecule has 30 heavy (non-hydrogen) atoms. The molecule has 8 nitrogen and oxygen atoms in total. The van der Waals surface area contributed by atoms with Gasteiger partial charge in [0.1, 0.15) is 11.3 Å². The van der Waals surface area contributed by atoms with Gasteiger partial charge in [0, 0.05) is 42.7 Å². The molecule has 1 N–H and O–H groups in total. The van der Waals surface area contributed by atoms with Crippen molar-refractivity contribution in [2.75, 3.05) is 26.9 Å². The van der Waals surface area contributed by atoms with Gasteiger partial charge in [-0.3, -0.25) is 9.58 Å². The Balaban J connectivity index is 1.59. The highest BCUT2D eigenvalue weighted by atomic mass is 16.5. The second-order valence-electron chi connectivity index (χ2n) is 7.24. The molecule has 0 bridgehead atoms. The van der Waals surface area contributed by atoms with Gasteiger partial charge >= 0.3 is 5.97 Å². The third-order valence-electron chi connectivity index (χ3n) is 5.34. The number of fused-ring (bicyclic) bond motifs is 2. The lowest BCUT2D eigenvalue weighted by molar-refractivity contribution is 0.0515. The van der Waals surface area contributed by atoms with Gasteiger partial charge in [-0.05, 0) is 19.1 Å². The van der Waals surface area contributed by atoms with Crippen molar-refractivity contribution in [1.82, 2.24) is 19.7 Å². The van der Waals surface area contributed by atoms with E-state index in [0.717, 1.165) is 46.6 Å². The number of esters is 1. The molecule has 0 saturated heterocycles. The van der Waals surface area contributed by atoms with Crippen LogP contribution in [0.5, 0.6) is 5.75 Å². The lowest BCUT2D eigenvalue weighted by Gasteiger charge is -2.27. The van der Waals surface area contributed by atoms with Crippen LogP contribution in [0.25, 0.3) is 10.9 Å². The van der Waals surface area contributed by atoms with Gasteiger partial charge < -0.3 is 14.6 Å². The third-order valence-corrected chi connectivity index (χ3v) is 5.34. The first-order chi connectivity index (χ1) is 14.6. The van der Waals surface area contributed by atoms with Crippen molar-refractivity contribution < 1.29 is 19.4 Å². The van der Waals surface area contributed by atoms with Crippen LogP contribution < -0.4 is 4.74 Å². The van der Waals surface area contributed by atoms with E-state index in [9.17, 15) is 9.90 Å². The van der Waals surface area contributed by atoms with Gasteiger partial charge in [-0.2, -0.15) is 5.10 Å². The number of hydrogen-bond donors (Lipinski definition) is 1. The largest absolute Gasteiger partial charge is 0.494 e. The summed E-state index contributed by atoms with van der Waals surface area (Å²) >= 11 is 0. The molecular weight excluding hydrogens is 384 g/mol. The minimum Gasteiger partial charge on any atom is -0.494 e. The minimum atomic E-state index is -0.416. The summed E-state index contributed by atoms with van der Waals surface area (Å²) in [5, 5.41) is 14.8. The smallest absolute Gasteiger partial charge is 0.359 e. The molecule has 1 aliphatic heterocycles. The van der Waals surface area contributed by atoms with Crippen LogP contribution in [-0.4, -0.2) is 57.6 Å². The van der Waals surface area contributed by atoms with Crippen LogP contribution in [0.1, 0.15) is 34.4 Å². The maximum Gasteiger partial charge on any atom is 0.359 e. The SMILES string of the molecule is CCOC(=O)c1nn(CCO)c2c1CN(Cc1ccc3cccc(OC)c3n1)CC2. The summed E-state index contributed by atoms with van der Waals surface area (Å²) < 4.78 is 12.4.